The fraction of sp³-hybridized carbons (Fsp3) is 0.696. The summed E-state index contributed by atoms with van der Waals surface area (Å²) < 4.78 is 5.88. The largest absolute Gasteiger partial charge is 0.479 e. The molecule has 1 unspecified atom stereocenters. The number of ether oxygens (including phenoxy) is 1. The second-order valence-electron chi connectivity index (χ2n) is 7.15. The lowest BCUT2D eigenvalue weighted by Gasteiger charge is -2.13. The Morgan fingerprint density at radius 2 is 1.35 bits per heavy atom. The first-order chi connectivity index (χ1) is 12.7. The fourth-order valence-corrected chi connectivity index (χ4v) is 3.64. The van der Waals surface area contributed by atoms with Gasteiger partial charge in [0.1, 0.15) is 5.75 Å². The van der Waals surface area contributed by atoms with Crippen molar-refractivity contribution < 1.29 is 9.53 Å². The number of Topliss-reactive ketones (excluding diaryl/α,β-unsaturated/α-hetero) is 1. The Hall–Kier alpha value is -0.830. The summed E-state index contributed by atoms with van der Waals surface area (Å²) in [5.41, 5.74) is 0.760. The highest BCUT2D eigenvalue weighted by molar-refractivity contribution is 9.09. The molecule has 1 aromatic rings. The number of alkyl halides is 1. The lowest BCUT2D eigenvalue weighted by atomic mass is 10.1. The zero-order chi connectivity index (χ0) is 19.0. The summed E-state index contributed by atoms with van der Waals surface area (Å²) >= 11 is 3.61. The summed E-state index contributed by atoms with van der Waals surface area (Å²) in [6.07, 6.45) is 16.5. The van der Waals surface area contributed by atoms with Crippen molar-refractivity contribution in [3.63, 3.8) is 0 Å². The third-order valence-corrected chi connectivity index (χ3v) is 5.44. The number of ketones is 1. The maximum absolute atomic E-state index is 11.6. The molecule has 0 aliphatic carbocycles. The first-order valence-electron chi connectivity index (χ1n) is 10.6. The molecule has 0 aromatic heterocycles. The van der Waals surface area contributed by atoms with E-state index in [2.05, 4.69) is 22.9 Å². The third-order valence-electron chi connectivity index (χ3n) is 4.80. The van der Waals surface area contributed by atoms with Gasteiger partial charge in [-0.15, -0.1) is 0 Å². The second-order valence-corrected chi connectivity index (χ2v) is 8.17. The van der Waals surface area contributed by atoms with Gasteiger partial charge < -0.3 is 4.74 Å². The molecule has 2 nitrogen and oxygen atoms in total. The van der Waals surface area contributed by atoms with Crippen LogP contribution in [-0.2, 0) is 0 Å². The van der Waals surface area contributed by atoms with Crippen LogP contribution in [0, 0.1) is 0 Å². The van der Waals surface area contributed by atoms with Gasteiger partial charge in [0.2, 0.25) is 0 Å². The van der Waals surface area contributed by atoms with Crippen molar-refractivity contribution in [2.75, 3.05) is 0 Å². The van der Waals surface area contributed by atoms with Gasteiger partial charge in [-0.05, 0) is 53.0 Å². The van der Waals surface area contributed by atoms with Crippen molar-refractivity contribution in [1.82, 2.24) is 0 Å². The Morgan fingerprint density at radius 3 is 1.85 bits per heavy atom. The number of benzene rings is 1. The highest BCUT2D eigenvalue weighted by Gasteiger charge is 2.07. The summed E-state index contributed by atoms with van der Waals surface area (Å²) in [6, 6.07) is 7.47. The predicted octanol–water partition coefficient (Wildman–Crippen LogP) is 8.08. The molecule has 0 N–H and O–H groups in total. The van der Waals surface area contributed by atoms with E-state index < -0.39 is 0 Å². The van der Waals surface area contributed by atoms with Gasteiger partial charge in [-0.25, -0.2) is 0 Å². The van der Waals surface area contributed by atoms with Gasteiger partial charge in [0.25, 0.3) is 0 Å². The minimum absolute atomic E-state index is 0.0498. The van der Waals surface area contributed by atoms with Gasteiger partial charge in [-0.1, -0.05) is 78.1 Å². The van der Waals surface area contributed by atoms with E-state index in [0.717, 1.165) is 17.7 Å². The Kier molecular flexibility index (Phi) is 13.6. The minimum Gasteiger partial charge on any atom is -0.479 e. The van der Waals surface area contributed by atoms with E-state index in [1.54, 1.807) is 0 Å². The van der Waals surface area contributed by atoms with Crippen molar-refractivity contribution in [2.24, 2.45) is 0 Å². The van der Waals surface area contributed by atoms with E-state index in [4.69, 9.17) is 4.74 Å². The average molecular weight is 425 g/mol. The molecule has 0 bridgehead atoms. The Bertz CT molecular complexity index is 470. The quantitative estimate of drug-likeness (QED) is 0.152. The lowest BCUT2D eigenvalue weighted by molar-refractivity contribution is 0.0988. The summed E-state index contributed by atoms with van der Waals surface area (Å²) in [4.78, 5) is 11.6. The SMILES string of the molecule is CCCCCCCCCCCCCC(Br)Oc1ccc(C(=O)CC)cc1. The summed E-state index contributed by atoms with van der Waals surface area (Å²) in [6.45, 7) is 4.16. The van der Waals surface area contributed by atoms with E-state index in [9.17, 15) is 4.79 Å². The first-order valence-corrected chi connectivity index (χ1v) is 11.5. The number of carbonyl (C=O) groups excluding carboxylic acids is 1. The van der Waals surface area contributed by atoms with Crippen LogP contribution in [0.5, 0.6) is 5.75 Å². The molecular formula is C23H37BrO2. The van der Waals surface area contributed by atoms with Crippen molar-refractivity contribution >= 4 is 21.7 Å². The van der Waals surface area contributed by atoms with Gasteiger partial charge >= 0.3 is 0 Å². The molecule has 26 heavy (non-hydrogen) atoms. The number of hydrogen-bond donors (Lipinski definition) is 0. The van der Waals surface area contributed by atoms with Crippen LogP contribution in [-0.4, -0.2) is 10.8 Å². The van der Waals surface area contributed by atoms with Gasteiger partial charge in [0.15, 0.2) is 10.8 Å². The van der Waals surface area contributed by atoms with Crippen LogP contribution in [0.4, 0.5) is 0 Å². The molecular weight excluding hydrogens is 388 g/mol. The van der Waals surface area contributed by atoms with E-state index >= 15 is 0 Å². The van der Waals surface area contributed by atoms with Crippen LogP contribution >= 0.6 is 15.9 Å². The zero-order valence-electron chi connectivity index (χ0n) is 16.8. The van der Waals surface area contributed by atoms with Crippen molar-refractivity contribution in [2.45, 2.75) is 102 Å². The minimum atomic E-state index is 0.0498. The maximum Gasteiger partial charge on any atom is 0.162 e. The van der Waals surface area contributed by atoms with Gasteiger partial charge in [-0.2, -0.15) is 0 Å². The smallest absolute Gasteiger partial charge is 0.162 e. The maximum atomic E-state index is 11.6. The molecule has 0 spiro atoms. The second kappa shape index (κ2) is 15.2. The monoisotopic (exact) mass is 424 g/mol. The first kappa shape index (κ1) is 23.2. The molecule has 0 saturated heterocycles. The number of hydrogen-bond acceptors (Lipinski definition) is 2. The average Bonchev–Trinajstić information content (AvgIpc) is 2.66. The molecule has 1 aromatic carbocycles. The molecule has 0 fully saturated rings. The molecule has 0 saturated carbocycles. The molecule has 0 heterocycles. The van der Waals surface area contributed by atoms with Crippen molar-refractivity contribution in [3.8, 4) is 5.75 Å². The fourth-order valence-electron chi connectivity index (χ4n) is 3.10. The predicted molar refractivity (Wildman–Crippen MR) is 115 cm³/mol. The Morgan fingerprint density at radius 1 is 0.846 bits per heavy atom. The molecule has 0 aliphatic heterocycles. The molecule has 0 radical (unpaired) electrons. The molecule has 0 aliphatic rings. The molecule has 1 rings (SSSR count). The zero-order valence-corrected chi connectivity index (χ0v) is 18.4. The number of rotatable bonds is 16. The van der Waals surface area contributed by atoms with Crippen LogP contribution in [0.3, 0.4) is 0 Å². The van der Waals surface area contributed by atoms with Crippen LogP contribution in [0.15, 0.2) is 24.3 Å². The van der Waals surface area contributed by atoms with Crippen LogP contribution in [0.1, 0.15) is 108 Å². The molecule has 3 heteroatoms. The van der Waals surface area contributed by atoms with E-state index in [-0.39, 0.29) is 10.8 Å². The molecule has 0 amide bonds. The standard InChI is InChI=1S/C23H37BrO2/c1-3-5-6-7-8-9-10-11-12-13-14-15-23(24)26-21-18-16-20(17-19-21)22(25)4-2/h16-19,23H,3-15H2,1-2H3. The van der Waals surface area contributed by atoms with Crippen LogP contribution in [0.25, 0.3) is 0 Å². The normalized spacial score (nSPS) is 12.1. The summed E-state index contributed by atoms with van der Waals surface area (Å²) in [7, 11) is 0. The molecule has 1 atom stereocenters. The van der Waals surface area contributed by atoms with Gasteiger partial charge in [0, 0.05) is 12.0 Å². The van der Waals surface area contributed by atoms with Crippen molar-refractivity contribution in [3.05, 3.63) is 29.8 Å². The summed E-state index contributed by atoms with van der Waals surface area (Å²) in [5, 5.41) is 0.0498. The lowest BCUT2D eigenvalue weighted by Crippen LogP contribution is -2.08. The Balaban J connectivity index is 2.01. The number of halogens is 1. The van der Waals surface area contributed by atoms with E-state index in [1.807, 2.05) is 31.2 Å². The highest BCUT2D eigenvalue weighted by atomic mass is 79.9. The highest BCUT2D eigenvalue weighted by Crippen LogP contribution is 2.20. The molecule has 148 valence electrons. The van der Waals surface area contributed by atoms with Crippen LogP contribution in [0.2, 0.25) is 0 Å². The number of carbonyl (C=O) groups is 1. The Labute approximate surface area is 169 Å². The van der Waals surface area contributed by atoms with Gasteiger partial charge in [-0.3, -0.25) is 4.79 Å². The summed E-state index contributed by atoms with van der Waals surface area (Å²) in [5.74, 6) is 0.996. The van der Waals surface area contributed by atoms with Crippen molar-refractivity contribution in [1.29, 1.82) is 0 Å². The number of unbranched alkanes of at least 4 members (excludes halogenated alkanes) is 10. The van der Waals surface area contributed by atoms with E-state index in [1.165, 1.54) is 70.6 Å². The van der Waals surface area contributed by atoms with E-state index in [0.29, 0.717) is 6.42 Å². The van der Waals surface area contributed by atoms with Gasteiger partial charge in [0.05, 0.1) is 0 Å². The van der Waals surface area contributed by atoms with Crippen LogP contribution < -0.4 is 4.74 Å². The topological polar surface area (TPSA) is 26.3 Å². The third kappa shape index (κ3) is 11.0.